The molecule has 0 saturated carbocycles. The molecular formula is C25H45NaO9S. The van der Waals surface area contributed by atoms with Gasteiger partial charge in [0.15, 0.2) is 5.25 Å². The molecule has 0 rings (SSSR count). The molecule has 2 unspecified atom stereocenters. The van der Waals surface area contributed by atoms with Crippen LogP contribution >= 0.6 is 0 Å². The molecule has 1 N–H and O–H groups in total. The number of unbranched alkanes of at least 4 members (excludes halogenated alkanes) is 12. The van der Waals surface area contributed by atoms with Crippen molar-refractivity contribution in [3.8, 4) is 0 Å². The summed E-state index contributed by atoms with van der Waals surface area (Å²) in [7, 11) is -5.14. The van der Waals surface area contributed by atoms with Crippen LogP contribution in [0.25, 0.3) is 0 Å². The number of aliphatic hydroxyl groups excluding tert-OH is 1. The standard InChI is InChI=1S/C25H46O9S.Na/c1-3-5-6-7-8-9-10-11-12-13-14-15-16-18-33-24(27)19-23(35(29,30)31)25(28)34-21-22(26)20-32-17-4-2;/h4,22-23,26H,2-3,5-21H2,1H3,(H,29,30,31);/q;+1/p-1. The Morgan fingerprint density at radius 3 is 1.86 bits per heavy atom. The second-order valence-electron chi connectivity index (χ2n) is 8.76. The van der Waals surface area contributed by atoms with E-state index in [-0.39, 0.29) is 49.4 Å². The number of esters is 2. The Bertz CT molecular complexity index is 670. The van der Waals surface area contributed by atoms with Gasteiger partial charge < -0.3 is 23.9 Å². The van der Waals surface area contributed by atoms with Gasteiger partial charge in [-0.3, -0.25) is 9.59 Å². The summed E-state index contributed by atoms with van der Waals surface area (Å²) in [5, 5.41) is 7.41. The monoisotopic (exact) mass is 544 g/mol. The van der Waals surface area contributed by atoms with Gasteiger partial charge in [-0.25, -0.2) is 8.42 Å². The first-order valence-electron chi connectivity index (χ1n) is 12.9. The van der Waals surface area contributed by atoms with Gasteiger partial charge in [-0.2, -0.15) is 0 Å². The minimum atomic E-state index is -5.14. The Balaban J connectivity index is 0. The van der Waals surface area contributed by atoms with Crippen LogP contribution in [0.15, 0.2) is 12.7 Å². The number of rotatable bonds is 24. The van der Waals surface area contributed by atoms with Gasteiger partial charge in [0, 0.05) is 0 Å². The molecule has 0 aliphatic rings. The molecule has 2 atom stereocenters. The van der Waals surface area contributed by atoms with E-state index < -0.39 is 46.4 Å². The Kier molecular flexibility index (Phi) is 26.0. The van der Waals surface area contributed by atoms with Crippen LogP contribution in [0, 0.1) is 0 Å². The van der Waals surface area contributed by atoms with Gasteiger partial charge in [0.05, 0.1) is 26.2 Å². The van der Waals surface area contributed by atoms with Crippen LogP contribution in [0.2, 0.25) is 0 Å². The number of carbonyl (C=O) groups excluding carboxylic acids is 2. The predicted octanol–water partition coefficient (Wildman–Crippen LogP) is 1.04. The molecule has 0 aliphatic heterocycles. The second-order valence-corrected chi connectivity index (χ2v) is 10.3. The molecule has 0 spiro atoms. The summed E-state index contributed by atoms with van der Waals surface area (Å²) in [5.74, 6) is -2.36. The van der Waals surface area contributed by atoms with Crippen molar-refractivity contribution < 1.29 is 71.4 Å². The third-order valence-electron chi connectivity index (χ3n) is 5.44. The Morgan fingerprint density at radius 1 is 0.889 bits per heavy atom. The van der Waals surface area contributed by atoms with Crippen molar-refractivity contribution in [3.63, 3.8) is 0 Å². The summed E-state index contributed by atoms with van der Waals surface area (Å²) in [6.07, 6.45) is 14.6. The molecule has 0 saturated heterocycles. The predicted molar refractivity (Wildman–Crippen MR) is 133 cm³/mol. The smallest absolute Gasteiger partial charge is 0.747 e. The molecule has 0 heterocycles. The second kappa shape index (κ2) is 24.8. The van der Waals surface area contributed by atoms with E-state index in [0.717, 1.165) is 19.3 Å². The first kappa shape index (κ1) is 37.7. The van der Waals surface area contributed by atoms with Crippen molar-refractivity contribution in [2.45, 2.75) is 108 Å². The van der Waals surface area contributed by atoms with Crippen LogP contribution in [-0.4, -0.2) is 67.8 Å². The van der Waals surface area contributed by atoms with Crippen LogP contribution in [-0.2, 0) is 33.9 Å². The van der Waals surface area contributed by atoms with E-state index in [1.165, 1.54) is 63.9 Å². The molecule has 36 heavy (non-hydrogen) atoms. The zero-order valence-corrected chi connectivity index (χ0v) is 25.1. The summed E-state index contributed by atoms with van der Waals surface area (Å²) in [6, 6.07) is 0. The number of ether oxygens (including phenoxy) is 3. The van der Waals surface area contributed by atoms with Crippen LogP contribution in [0.4, 0.5) is 0 Å². The zero-order chi connectivity index (χ0) is 26.4. The molecule has 0 aromatic heterocycles. The first-order valence-corrected chi connectivity index (χ1v) is 14.3. The molecule has 0 amide bonds. The Hall–Kier alpha value is -0.490. The summed E-state index contributed by atoms with van der Waals surface area (Å²) in [6.45, 7) is 5.18. The molecule has 0 aliphatic carbocycles. The van der Waals surface area contributed by atoms with Gasteiger partial charge in [-0.05, 0) is 6.42 Å². The molecule has 11 heteroatoms. The van der Waals surface area contributed by atoms with Crippen LogP contribution in [0.5, 0.6) is 0 Å². The summed E-state index contributed by atoms with van der Waals surface area (Å²) in [4.78, 5) is 23.9. The van der Waals surface area contributed by atoms with Gasteiger partial charge >= 0.3 is 41.5 Å². The van der Waals surface area contributed by atoms with E-state index in [4.69, 9.17) is 9.47 Å². The zero-order valence-electron chi connectivity index (χ0n) is 22.3. The summed E-state index contributed by atoms with van der Waals surface area (Å²) >= 11 is 0. The minimum absolute atomic E-state index is 0. The number of hydrogen-bond donors (Lipinski definition) is 1. The number of aliphatic hydroxyl groups is 1. The molecule has 0 aromatic carbocycles. The fourth-order valence-electron chi connectivity index (χ4n) is 3.43. The quantitative estimate of drug-likeness (QED) is 0.0620. The van der Waals surface area contributed by atoms with Crippen molar-refractivity contribution in [1.29, 1.82) is 0 Å². The fourth-order valence-corrected chi connectivity index (χ4v) is 4.07. The van der Waals surface area contributed by atoms with Gasteiger partial charge in [0.2, 0.25) is 0 Å². The maximum atomic E-state index is 12.0. The van der Waals surface area contributed by atoms with Crippen molar-refractivity contribution >= 4 is 22.1 Å². The molecule has 0 bridgehead atoms. The minimum Gasteiger partial charge on any atom is -0.747 e. The molecule has 0 fully saturated rings. The van der Waals surface area contributed by atoms with E-state index in [1.807, 2.05) is 0 Å². The van der Waals surface area contributed by atoms with E-state index >= 15 is 0 Å². The summed E-state index contributed by atoms with van der Waals surface area (Å²) in [5.41, 5.74) is 0. The topological polar surface area (TPSA) is 139 Å². The molecule has 0 radical (unpaired) electrons. The maximum absolute atomic E-state index is 12.0. The molecular weight excluding hydrogens is 499 g/mol. The van der Waals surface area contributed by atoms with Crippen molar-refractivity contribution in [2.75, 3.05) is 26.4 Å². The largest absolute Gasteiger partial charge is 1.00 e. The van der Waals surface area contributed by atoms with Crippen molar-refractivity contribution in [1.82, 2.24) is 0 Å². The van der Waals surface area contributed by atoms with Gasteiger partial charge in [0.1, 0.15) is 22.8 Å². The van der Waals surface area contributed by atoms with Crippen LogP contribution in [0.1, 0.15) is 96.8 Å². The SMILES string of the molecule is C=CCOCC(O)COC(=O)C(CC(=O)OCCCCCCCCCCCCCCC)S(=O)(=O)[O-].[Na+]. The van der Waals surface area contributed by atoms with Crippen molar-refractivity contribution in [3.05, 3.63) is 12.7 Å². The van der Waals surface area contributed by atoms with E-state index in [1.54, 1.807) is 0 Å². The molecule has 0 aromatic rings. The fraction of sp³-hybridized carbons (Fsp3) is 0.840. The molecule has 206 valence electrons. The maximum Gasteiger partial charge on any atom is 1.00 e. The summed E-state index contributed by atoms with van der Waals surface area (Å²) < 4.78 is 48.8. The molecule has 9 nitrogen and oxygen atoms in total. The van der Waals surface area contributed by atoms with E-state index in [2.05, 4.69) is 18.2 Å². The van der Waals surface area contributed by atoms with E-state index in [9.17, 15) is 27.7 Å². The third kappa shape index (κ3) is 22.7. The average Bonchev–Trinajstić information content (AvgIpc) is 2.80. The Morgan fingerprint density at radius 2 is 1.39 bits per heavy atom. The van der Waals surface area contributed by atoms with Gasteiger partial charge in [-0.15, -0.1) is 6.58 Å². The van der Waals surface area contributed by atoms with Crippen molar-refractivity contribution in [2.24, 2.45) is 0 Å². The first-order chi connectivity index (χ1) is 16.7. The third-order valence-corrected chi connectivity index (χ3v) is 6.49. The van der Waals surface area contributed by atoms with Crippen LogP contribution < -0.4 is 29.6 Å². The average molecular weight is 545 g/mol. The van der Waals surface area contributed by atoms with Crippen LogP contribution in [0.3, 0.4) is 0 Å². The number of carbonyl (C=O) groups is 2. The number of hydrogen-bond acceptors (Lipinski definition) is 9. The van der Waals surface area contributed by atoms with Gasteiger partial charge in [0.25, 0.3) is 0 Å². The Labute approximate surface area is 239 Å². The van der Waals surface area contributed by atoms with E-state index in [0.29, 0.717) is 6.42 Å². The van der Waals surface area contributed by atoms with Gasteiger partial charge in [-0.1, -0.05) is 90.0 Å². The normalized spacial score (nSPS) is 12.9.